The van der Waals surface area contributed by atoms with Gasteiger partial charge in [-0.3, -0.25) is 4.99 Å². The molecular formula is C14H30IN3O. The molecule has 5 heteroatoms. The largest absolute Gasteiger partial charge is 0.381 e. The number of hydrogen-bond donors (Lipinski definition) is 2. The van der Waals surface area contributed by atoms with Crippen LogP contribution in [-0.4, -0.2) is 39.3 Å². The zero-order valence-corrected chi connectivity index (χ0v) is 15.1. The molecule has 19 heavy (non-hydrogen) atoms. The van der Waals surface area contributed by atoms with Crippen LogP contribution in [0.4, 0.5) is 0 Å². The molecule has 0 atom stereocenters. The lowest BCUT2D eigenvalue weighted by Gasteiger charge is -2.11. The molecule has 0 radical (unpaired) electrons. The van der Waals surface area contributed by atoms with E-state index in [1.165, 1.54) is 0 Å². The zero-order valence-electron chi connectivity index (χ0n) is 12.7. The minimum atomic E-state index is 0. The van der Waals surface area contributed by atoms with E-state index in [1.807, 2.05) is 6.92 Å². The number of nitrogens with zero attached hydrogens (tertiary/aromatic N) is 1. The van der Waals surface area contributed by atoms with Gasteiger partial charge in [0, 0.05) is 33.4 Å². The van der Waals surface area contributed by atoms with Crippen molar-refractivity contribution in [2.24, 2.45) is 10.9 Å². The van der Waals surface area contributed by atoms with Gasteiger partial charge < -0.3 is 15.4 Å². The Morgan fingerprint density at radius 2 is 1.95 bits per heavy atom. The molecule has 0 fully saturated rings. The number of ether oxygens (including phenoxy) is 1. The van der Waals surface area contributed by atoms with E-state index in [0.717, 1.165) is 45.1 Å². The van der Waals surface area contributed by atoms with Crippen LogP contribution in [-0.2, 0) is 4.74 Å². The van der Waals surface area contributed by atoms with E-state index in [-0.39, 0.29) is 24.0 Å². The van der Waals surface area contributed by atoms with E-state index in [1.54, 1.807) is 7.05 Å². The Hall–Kier alpha value is -0.300. The molecule has 0 aliphatic heterocycles. The molecule has 0 bridgehead atoms. The quantitative estimate of drug-likeness (QED) is 0.212. The minimum Gasteiger partial charge on any atom is -0.381 e. The van der Waals surface area contributed by atoms with Crippen LogP contribution in [0.3, 0.4) is 0 Å². The fourth-order valence-electron chi connectivity index (χ4n) is 1.36. The van der Waals surface area contributed by atoms with Crippen molar-refractivity contribution in [3.63, 3.8) is 0 Å². The van der Waals surface area contributed by atoms with Gasteiger partial charge in [-0.2, -0.15) is 0 Å². The summed E-state index contributed by atoms with van der Waals surface area (Å²) >= 11 is 0. The molecule has 0 heterocycles. The summed E-state index contributed by atoms with van der Waals surface area (Å²) in [5.41, 5.74) is 0. The molecule has 4 nitrogen and oxygen atoms in total. The molecule has 0 saturated carbocycles. The van der Waals surface area contributed by atoms with E-state index in [9.17, 15) is 0 Å². The first-order valence-corrected chi connectivity index (χ1v) is 6.84. The molecule has 0 spiro atoms. The predicted octanol–water partition coefficient (Wildman–Crippen LogP) is 2.80. The Bertz CT molecular complexity index is 243. The summed E-state index contributed by atoms with van der Waals surface area (Å²) in [5, 5.41) is 6.53. The van der Waals surface area contributed by atoms with Crippen LogP contribution in [0.1, 0.15) is 33.6 Å². The first-order valence-electron chi connectivity index (χ1n) is 6.84. The van der Waals surface area contributed by atoms with Crippen molar-refractivity contribution in [2.45, 2.75) is 33.6 Å². The summed E-state index contributed by atoms with van der Waals surface area (Å²) in [6.07, 6.45) is 6.22. The first-order chi connectivity index (χ1) is 8.70. The summed E-state index contributed by atoms with van der Waals surface area (Å²) in [4.78, 5) is 4.16. The van der Waals surface area contributed by atoms with E-state index in [4.69, 9.17) is 4.74 Å². The van der Waals surface area contributed by atoms with Gasteiger partial charge in [-0.05, 0) is 25.7 Å². The molecule has 0 rings (SSSR count). The lowest BCUT2D eigenvalue weighted by molar-refractivity contribution is 0.108. The van der Waals surface area contributed by atoms with E-state index < -0.39 is 0 Å². The van der Waals surface area contributed by atoms with Crippen LogP contribution < -0.4 is 10.6 Å². The summed E-state index contributed by atoms with van der Waals surface area (Å²) in [6, 6.07) is 0. The van der Waals surface area contributed by atoms with Gasteiger partial charge >= 0.3 is 0 Å². The third-order valence-corrected chi connectivity index (χ3v) is 2.27. The Kier molecular flexibility index (Phi) is 17.4. The fourth-order valence-corrected chi connectivity index (χ4v) is 1.36. The van der Waals surface area contributed by atoms with Crippen LogP contribution in [0.15, 0.2) is 17.1 Å². The SMILES string of the molecule is CC=CCCNC(=NC)NCCCOCC(C)C.I. The maximum atomic E-state index is 5.51. The minimum absolute atomic E-state index is 0. The van der Waals surface area contributed by atoms with Crippen molar-refractivity contribution in [3.8, 4) is 0 Å². The highest BCUT2D eigenvalue weighted by atomic mass is 127. The van der Waals surface area contributed by atoms with Gasteiger partial charge in [0.05, 0.1) is 0 Å². The molecule has 0 aliphatic rings. The molecule has 2 N–H and O–H groups in total. The van der Waals surface area contributed by atoms with Gasteiger partial charge in [-0.15, -0.1) is 24.0 Å². The molecule has 0 aromatic rings. The fraction of sp³-hybridized carbons (Fsp3) is 0.786. The summed E-state index contributed by atoms with van der Waals surface area (Å²) in [7, 11) is 1.79. The van der Waals surface area contributed by atoms with E-state index in [0.29, 0.717) is 5.92 Å². The molecule has 0 saturated heterocycles. The molecule has 114 valence electrons. The third kappa shape index (κ3) is 15.6. The second-order valence-corrected chi connectivity index (χ2v) is 4.61. The second kappa shape index (κ2) is 15.8. The lowest BCUT2D eigenvalue weighted by atomic mass is 10.2. The topological polar surface area (TPSA) is 45.7 Å². The number of halogens is 1. The number of aliphatic imine (C=N–C) groups is 1. The molecule has 0 aromatic heterocycles. The van der Waals surface area contributed by atoms with Crippen molar-refractivity contribution >= 4 is 29.9 Å². The summed E-state index contributed by atoms with van der Waals surface area (Å²) < 4.78 is 5.51. The number of guanidine groups is 1. The number of nitrogens with one attached hydrogen (secondary N) is 2. The molecule has 0 aliphatic carbocycles. The number of allylic oxidation sites excluding steroid dienone is 1. The average molecular weight is 383 g/mol. The predicted molar refractivity (Wildman–Crippen MR) is 94.5 cm³/mol. The smallest absolute Gasteiger partial charge is 0.190 e. The normalized spacial score (nSPS) is 11.7. The molecule has 0 aromatic carbocycles. The van der Waals surface area contributed by atoms with Crippen molar-refractivity contribution < 1.29 is 4.74 Å². The van der Waals surface area contributed by atoms with Crippen molar-refractivity contribution in [1.29, 1.82) is 0 Å². The van der Waals surface area contributed by atoms with Gasteiger partial charge in [-0.25, -0.2) is 0 Å². The van der Waals surface area contributed by atoms with Crippen LogP contribution in [0, 0.1) is 5.92 Å². The van der Waals surface area contributed by atoms with Crippen LogP contribution in [0.2, 0.25) is 0 Å². The van der Waals surface area contributed by atoms with E-state index >= 15 is 0 Å². The van der Waals surface area contributed by atoms with Crippen LogP contribution in [0.5, 0.6) is 0 Å². The second-order valence-electron chi connectivity index (χ2n) is 4.61. The highest BCUT2D eigenvalue weighted by Crippen LogP contribution is 1.92. The van der Waals surface area contributed by atoms with E-state index in [2.05, 4.69) is 41.6 Å². The average Bonchev–Trinajstić information content (AvgIpc) is 2.35. The van der Waals surface area contributed by atoms with Gasteiger partial charge in [0.15, 0.2) is 5.96 Å². The van der Waals surface area contributed by atoms with Crippen molar-refractivity contribution in [3.05, 3.63) is 12.2 Å². The molecule has 0 unspecified atom stereocenters. The number of hydrogen-bond acceptors (Lipinski definition) is 2. The Morgan fingerprint density at radius 3 is 2.53 bits per heavy atom. The monoisotopic (exact) mass is 383 g/mol. The maximum absolute atomic E-state index is 5.51. The lowest BCUT2D eigenvalue weighted by Crippen LogP contribution is -2.38. The van der Waals surface area contributed by atoms with Gasteiger partial charge in [0.25, 0.3) is 0 Å². The maximum Gasteiger partial charge on any atom is 0.190 e. The zero-order chi connectivity index (χ0) is 13.6. The molecule has 0 amide bonds. The van der Waals surface area contributed by atoms with Crippen LogP contribution in [0.25, 0.3) is 0 Å². The van der Waals surface area contributed by atoms with Crippen LogP contribution >= 0.6 is 24.0 Å². The van der Waals surface area contributed by atoms with Crippen molar-refractivity contribution in [1.82, 2.24) is 10.6 Å². The van der Waals surface area contributed by atoms with Gasteiger partial charge in [0.2, 0.25) is 0 Å². The number of rotatable bonds is 9. The first kappa shape index (κ1) is 21.0. The Morgan fingerprint density at radius 1 is 1.26 bits per heavy atom. The highest BCUT2D eigenvalue weighted by Gasteiger charge is 1.96. The van der Waals surface area contributed by atoms with Gasteiger partial charge in [0.1, 0.15) is 0 Å². The summed E-state index contributed by atoms with van der Waals surface area (Å²) in [6.45, 7) is 9.81. The van der Waals surface area contributed by atoms with Crippen molar-refractivity contribution in [2.75, 3.05) is 33.4 Å². The standard InChI is InChI=1S/C14H29N3O.HI/c1-5-6-7-9-16-14(15-4)17-10-8-11-18-12-13(2)3;/h5-6,13H,7-12H2,1-4H3,(H2,15,16,17);1H. The van der Waals surface area contributed by atoms with Gasteiger partial charge in [-0.1, -0.05) is 26.0 Å². The third-order valence-electron chi connectivity index (χ3n) is 2.27. The Labute approximate surface area is 135 Å². The Balaban J connectivity index is 0. The highest BCUT2D eigenvalue weighted by molar-refractivity contribution is 14.0. The molecular weight excluding hydrogens is 353 g/mol. The summed E-state index contributed by atoms with van der Waals surface area (Å²) in [5.74, 6) is 1.47.